The van der Waals surface area contributed by atoms with Gasteiger partial charge < -0.3 is 14.2 Å². The maximum Gasteiger partial charge on any atom is 0.345 e. The van der Waals surface area contributed by atoms with Gasteiger partial charge in [-0.05, 0) is 48.5 Å². The first-order valence-corrected chi connectivity index (χ1v) is 10.5. The lowest BCUT2D eigenvalue weighted by molar-refractivity contribution is 0.0733. The van der Waals surface area contributed by atoms with Crippen LogP contribution in [0.25, 0.3) is 22.3 Å². The molecular formula is C27H20N2O6. The Kier molecular flexibility index (Phi) is 6.92. The second kappa shape index (κ2) is 10.4. The summed E-state index contributed by atoms with van der Waals surface area (Å²) in [5.74, 6) is 0.644. The summed E-state index contributed by atoms with van der Waals surface area (Å²) in [6, 6.07) is 13.2. The van der Waals surface area contributed by atoms with E-state index in [0.717, 1.165) is 12.6 Å². The molecule has 2 aromatic carbocycles. The third kappa shape index (κ3) is 5.06. The molecule has 0 fully saturated rings. The monoisotopic (exact) mass is 468 g/mol. The van der Waals surface area contributed by atoms with E-state index >= 15 is 0 Å². The van der Waals surface area contributed by atoms with Crippen LogP contribution in [0, 0.1) is 0 Å². The number of rotatable bonds is 8. The number of aldehydes is 2. The molecule has 2 aromatic heterocycles. The number of nitrogens with zero attached hydrogens (tertiary/aromatic N) is 2. The Morgan fingerprint density at radius 1 is 0.714 bits per heavy atom. The summed E-state index contributed by atoms with van der Waals surface area (Å²) in [6.07, 6.45) is 7.41. The molecule has 0 spiro atoms. The summed E-state index contributed by atoms with van der Waals surface area (Å²) < 4.78 is 16.3. The van der Waals surface area contributed by atoms with E-state index in [1.165, 1.54) is 26.6 Å². The normalized spacial score (nSPS) is 10.3. The largest absolute Gasteiger partial charge is 0.496 e. The van der Waals surface area contributed by atoms with Gasteiger partial charge in [0.15, 0.2) is 0 Å². The van der Waals surface area contributed by atoms with Crippen LogP contribution in [0.15, 0.2) is 73.3 Å². The molecule has 4 rings (SSSR count). The van der Waals surface area contributed by atoms with Crippen molar-refractivity contribution in [2.24, 2.45) is 0 Å². The van der Waals surface area contributed by atoms with Gasteiger partial charge in [0.2, 0.25) is 0 Å². The van der Waals surface area contributed by atoms with Gasteiger partial charge in [-0.3, -0.25) is 19.6 Å². The minimum Gasteiger partial charge on any atom is -0.496 e. The van der Waals surface area contributed by atoms with Crippen LogP contribution in [-0.2, 0) is 0 Å². The van der Waals surface area contributed by atoms with E-state index in [4.69, 9.17) is 14.2 Å². The van der Waals surface area contributed by atoms with E-state index in [2.05, 4.69) is 9.97 Å². The molecule has 35 heavy (non-hydrogen) atoms. The fourth-order valence-corrected chi connectivity index (χ4v) is 3.54. The summed E-state index contributed by atoms with van der Waals surface area (Å²) in [4.78, 5) is 43.6. The van der Waals surface area contributed by atoms with Crippen LogP contribution in [0.3, 0.4) is 0 Å². The molecule has 0 radical (unpaired) electrons. The molecule has 0 bridgehead atoms. The SMILES string of the molecule is COc1ccc(C=O)cc1-c1cncc(OC(=O)c2cncc(-c3cc(C=O)ccc3OC)c2)c1. The predicted molar refractivity (Wildman–Crippen MR) is 128 cm³/mol. The predicted octanol–water partition coefficient (Wildman–Crippen LogP) is 4.67. The number of hydrogen-bond donors (Lipinski definition) is 0. The van der Waals surface area contributed by atoms with Gasteiger partial charge in [0, 0.05) is 52.0 Å². The zero-order valence-electron chi connectivity index (χ0n) is 18.9. The van der Waals surface area contributed by atoms with Crippen molar-refractivity contribution in [3.8, 4) is 39.5 Å². The Balaban J connectivity index is 1.63. The van der Waals surface area contributed by atoms with Crippen LogP contribution >= 0.6 is 0 Å². The number of benzene rings is 2. The van der Waals surface area contributed by atoms with Crippen molar-refractivity contribution < 1.29 is 28.6 Å². The van der Waals surface area contributed by atoms with Crippen LogP contribution in [0.1, 0.15) is 31.1 Å². The lowest BCUT2D eigenvalue weighted by Crippen LogP contribution is -2.09. The van der Waals surface area contributed by atoms with Crippen molar-refractivity contribution >= 4 is 18.5 Å². The van der Waals surface area contributed by atoms with E-state index in [1.54, 1.807) is 60.9 Å². The van der Waals surface area contributed by atoms with Crippen molar-refractivity contribution in [1.29, 1.82) is 0 Å². The topological polar surface area (TPSA) is 105 Å². The van der Waals surface area contributed by atoms with E-state index < -0.39 is 5.97 Å². The average Bonchev–Trinajstić information content (AvgIpc) is 2.92. The Morgan fingerprint density at radius 3 is 1.80 bits per heavy atom. The first-order valence-electron chi connectivity index (χ1n) is 10.5. The summed E-state index contributed by atoms with van der Waals surface area (Å²) in [5.41, 5.74) is 3.58. The minimum atomic E-state index is -0.641. The number of carbonyl (C=O) groups is 3. The second-order valence-electron chi connectivity index (χ2n) is 7.42. The Bertz CT molecular complexity index is 1420. The van der Waals surface area contributed by atoms with Gasteiger partial charge in [0.25, 0.3) is 0 Å². The molecule has 4 aromatic rings. The molecule has 0 aliphatic rings. The molecule has 8 nitrogen and oxygen atoms in total. The molecular weight excluding hydrogens is 448 g/mol. The van der Waals surface area contributed by atoms with Gasteiger partial charge in [-0.1, -0.05) is 0 Å². The molecule has 0 atom stereocenters. The van der Waals surface area contributed by atoms with E-state index in [9.17, 15) is 14.4 Å². The number of carbonyl (C=O) groups excluding carboxylic acids is 3. The highest BCUT2D eigenvalue weighted by Gasteiger charge is 2.15. The molecule has 174 valence electrons. The van der Waals surface area contributed by atoms with Gasteiger partial charge in [0.05, 0.1) is 26.0 Å². The van der Waals surface area contributed by atoms with Crippen molar-refractivity contribution in [3.05, 3.63) is 90.0 Å². The maximum absolute atomic E-state index is 12.9. The van der Waals surface area contributed by atoms with E-state index in [1.807, 2.05) is 0 Å². The number of pyridine rings is 2. The van der Waals surface area contributed by atoms with E-state index in [-0.39, 0.29) is 11.3 Å². The zero-order valence-corrected chi connectivity index (χ0v) is 18.9. The third-order valence-corrected chi connectivity index (χ3v) is 5.24. The van der Waals surface area contributed by atoms with Gasteiger partial charge in [-0.2, -0.15) is 0 Å². The summed E-state index contributed by atoms with van der Waals surface area (Å²) in [7, 11) is 3.04. The van der Waals surface area contributed by atoms with Gasteiger partial charge in [-0.15, -0.1) is 0 Å². The third-order valence-electron chi connectivity index (χ3n) is 5.24. The average molecular weight is 468 g/mol. The molecule has 0 aliphatic heterocycles. The first kappa shape index (κ1) is 23.3. The Hall–Kier alpha value is -4.85. The highest BCUT2D eigenvalue weighted by atomic mass is 16.5. The van der Waals surface area contributed by atoms with Gasteiger partial charge in [0.1, 0.15) is 29.8 Å². The number of aromatic nitrogens is 2. The van der Waals surface area contributed by atoms with Crippen LogP contribution < -0.4 is 14.2 Å². The fourth-order valence-electron chi connectivity index (χ4n) is 3.54. The van der Waals surface area contributed by atoms with Crippen molar-refractivity contribution in [1.82, 2.24) is 9.97 Å². The molecule has 8 heteroatoms. The standard InChI is InChI=1S/C27H20N2O6/c1-33-25-5-3-17(15-30)7-23(25)19-9-21(13-28-11-19)27(32)35-22-10-20(12-29-14-22)24-8-18(16-31)4-6-26(24)34-2/h3-16H,1-2H3. The quantitative estimate of drug-likeness (QED) is 0.271. The smallest absolute Gasteiger partial charge is 0.345 e. The van der Waals surface area contributed by atoms with Crippen LogP contribution in [0.5, 0.6) is 17.2 Å². The molecule has 0 amide bonds. The number of methoxy groups -OCH3 is 2. The highest BCUT2D eigenvalue weighted by molar-refractivity contribution is 5.93. The Morgan fingerprint density at radius 2 is 1.26 bits per heavy atom. The second-order valence-corrected chi connectivity index (χ2v) is 7.42. The van der Waals surface area contributed by atoms with Crippen molar-refractivity contribution in [3.63, 3.8) is 0 Å². The van der Waals surface area contributed by atoms with Gasteiger partial charge in [-0.25, -0.2) is 4.79 Å². The molecule has 0 N–H and O–H groups in total. The minimum absolute atomic E-state index is 0.201. The lowest BCUT2D eigenvalue weighted by atomic mass is 10.0. The molecule has 0 aliphatic carbocycles. The van der Waals surface area contributed by atoms with Crippen molar-refractivity contribution in [2.75, 3.05) is 14.2 Å². The van der Waals surface area contributed by atoms with Crippen molar-refractivity contribution in [2.45, 2.75) is 0 Å². The molecule has 0 saturated heterocycles. The van der Waals surface area contributed by atoms with Crippen LogP contribution in [0.4, 0.5) is 0 Å². The first-order chi connectivity index (χ1) is 17.1. The maximum atomic E-state index is 12.9. The van der Waals surface area contributed by atoms with Gasteiger partial charge >= 0.3 is 5.97 Å². The fraction of sp³-hybridized carbons (Fsp3) is 0.0741. The number of hydrogen-bond acceptors (Lipinski definition) is 8. The Labute approximate surface area is 201 Å². The highest BCUT2D eigenvalue weighted by Crippen LogP contribution is 2.33. The zero-order chi connectivity index (χ0) is 24.8. The van der Waals surface area contributed by atoms with Crippen LogP contribution in [0.2, 0.25) is 0 Å². The number of ether oxygens (including phenoxy) is 3. The summed E-state index contributed by atoms with van der Waals surface area (Å²) in [5, 5.41) is 0. The van der Waals surface area contributed by atoms with Crippen LogP contribution in [-0.4, -0.2) is 42.7 Å². The lowest BCUT2D eigenvalue weighted by Gasteiger charge is -2.11. The van der Waals surface area contributed by atoms with E-state index in [0.29, 0.717) is 44.9 Å². The molecule has 2 heterocycles. The summed E-state index contributed by atoms with van der Waals surface area (Å²) in [6.45, 7) is 0. The summed E-state index contributed by atoms with van der Waals surface area (Å²) >= 11 is 0. The molecule has 0 unspecified atom stereocenters. The number of esters is 1. The molecule has 0 saturated carbocycles.